The van der Waals surface area contributed by atoms with Gasteiger partial charge >= 0.3 is 0 Å². The largest absolute Gasteiger partial charge is 0.354 e. The Bertz CT molecular complexity index is 716. The molecule has 1 saturated carbocycles. The maximum absolute atomic E-state index is 5.95. The lowest BCUT2D eigenvalue weighted by Gasteiger charge is -2.17. The van der Waals surface area contributed by atoms with Crippen LogP contribution in [0.4, 0.5) is 0 Å². The van der Waals surface area contributed by atoms with Gasteiger partial charge in [-0.2, -0.15) is 0 Å². The number of aliphatic imine (C=N–C) groups is 1. The lowest BCUT2D eigenvalue weighted by molar-refractivity contribution is 0.606. The third-order valence-electron chi connectivity index (χ3n) is 4.63. The highest BCUT2D eigenvalue weighted by Crippen LogP contribution is 2.17. The second kappa shape index (κ2) is 8.34. The van der Waals surface area contributed by atoms with E-state index in [0.29, 0.717) is 19.1 Å². The van der Waals surface area contributed by atoms with Gasteiger partial charge in [-0.15, -0.1) is 10.2 Å². The molecule has 0 radical (unpaired) electrons. The highest BCUT2D eigenvalue weighted by molar-refractivity contribution is 6.30. The summed E-state index contributed by atoms with van der Waals surface area (Å²) in [6.45, 7) is 3.15. The number of benzene rings is 1. The van der Waals surface area contributed by atoms with Gasteiger partial charge < -0.3 is 15.2 Å². The van der Waals surface area contributed by atoms with Crippen molar-refractivity contribution in [2.45, 2.75) is 51.7 Å². The summed E-state index contributed by atoms with van der Waals surface area (Å²) in [5.74, 6) is 2.62. The van der Waals surface area contributed by atoms with Crippen molar-refractivity contribution in [3.05, 3.63) is 46.5 Å². The van der Waals surface area contributed by atoms with Gasteiger partial charge in [-0.3, -0.25) is 0 Å². The zero-order chi connectivity index (χ0) is 17.6. The first kappa shape index (κ1) is 17.7. The van der Waals surface area contributed by atoms with E-state index in [-0.39, 0.29) is 0 Å². The molecule has 2 N–H and O–H groups in total. The molecular weight excluding hydrogens is 336 g/mol. The second-order valence-corrected chi connectivity index (χ2v) is 6.93. The molecule has 6 nitrogen and oxygen atoms in total. The number of nitrogens with zero attached hydrogens (tertiary/aromatic N) is 4. The number of hydrogen-bond donors (Lipinski definition) is 2. The SMILES string of the molecule is Cc1nnc(CNC(=NCc2ccc(Cl)cc2)NC2CCCC2)n1C. The summed E-state index contributed by atoms with van der Waals surface area (Å²) in [4.78, 5) is 4.73. The monoisotopic (exact) mass is 360 g/mol. The third-order valence-corrected chi connectivity index (χ3v) is 4.88. The Morgan fingerprint density at radius 1 is 1.24 bits per heavy atom. The van der Waals surface area contributed by atoms with Crippen molar-refractivity contribution >= 4 is 17.6 Å². The average Bonchev–Trinajstić information content (AvgIpc) is 3.23. The molecule has 0 aliphatic heterocycles. The van der Waals surface area contributed by atoms with Gasteiger partial charge in [0.1, 0.15) is 5.82 Å². The number of halogens is 1. The van der Waals surface area contributed by atoms with Crippen molar-refractivity contribution in [3.63, 3.8) is 0 Å². The molecular formula is C18H25ClN6. The van der Waals surface area contributed by atoms with Gasteiger partial charge in [0.25, 0.3) is 0 Å². The van der Waals surface area contributed by atoms with E-state index >= 15 is 0 Å². The van der Waals surface area contributed by atoms with Crippen LogP contribution >= 0.6 is 11.6 Å². The molecule has 2 aromatic rings. The number of nitrogens with one attached hydrogen (secondary N) is 2. The molecule has 1 fully saturated rings. The summed E-state index contributed by atoms with van der Waals surface area (Å²) >= 11 is 5.95. The number of aryl methyl sites for hydroxylation is 1. The van der Waals surface area contributed by atoms with E-state index in [2.05, 4.69) is 20.8 Å². The van der Waals surface area contributed by atoms with E-state index in [1.54, 1.807) is 0 Å². The molecule has 1 aliphatic carbocycles. The van der Waals surface area contributed by atoms with E-state index in [4.69, 9.17) is 16.6 Å². The number of guanidine groups is 1. The van der Waals surface area contributed by atoms with Gasteiger partial charge in [0.15, 0.2) is 11.8 Å². The Morgan fingerprint density at radius 3 is 2.60 bits per heavy atom. The van der Waals surface area contributed by atoms with Crippen LogP contribution in [-0.2, 0) is 20.1 Å². The summed E-state index contributed by atoms with van der Waals surface area (Å²) in [5.41, 5.74) is 1.13. The molecule has 134 valence electrons. The fraction of sp³-hybridized carbons (Fsp3) is 0.500. The molecule has 25 heavy (non-hydrogen) atoms. The zero-order valence-corrected chi connectivity index (χ0v) is 15.6. The van der Waals surface area contributed by atoms with Crippen LogP contribution in [0.2, 0.25) is 5.02 Å². The predicted octanol–water partition coefficient (Wildman–Crippen LogP) is 2.95. The first-order chi connectivity index (χ1) is 12.1. The van der Waals surface area contributed by atoms with Gasteiger partial charge in [0.2, 0.25) is 0 Å². The number of rotatable bonds is 5. The van der Waals surface area contributed by atoms with E-state index < -0.39 is 0 Å². The highest BCUT2D eigenvalue weighted by atomic mass is 35.5. The Balaban J connectivity index is 1.66. The Morgan fingerprint density at radius 2 is 1.96 bits per heavy atom. The first-order valence-electron chi connectivity index (χ1n) is 8.76. The smallest absolute Gasteiger partial charge is 0.192 e. The van der Waals surface area contributed by atoms with Crippen LogP contribution in [0.25, 0.3) is 0 Å². The maximum Gasteiger partial charge on any atom is 0.192 e. The summed E-state index contributed by atoms with van der Waals surface area (Å²) in [7, 11) is 1.97. The minimum absolute atomic E-state index is 0.498. The van der Waals surface area contributed by atoms with Crippen molar-refractivity contribution in [1.29, 1.82) is 0 Å². The van der Waals surface area contributed by atoms with E-state index in [0.717, 1.165) is 28.2 Å². The molecule has 1 aromatic heterocycles. The molecule has 0 bridgehead atoms. The van der Waals surface area contributed by atoms with Crippen molar-refractivity contribution in [2.75, 3.05) is 0 Å². The Kier molecular flexibility index (Phi) is 5.91. The fourth-order valence-electron chi connectivity index (χ4n) is 2.94. The van der Waals surface area contributed by atoms with Gasteiger partial charge in [-0.05, 0) is 37.5 Å². The molecule has 1 aromatic carbocycles. The van der Waals surface area contributed by atoms with Crippen LogP contribution in [0, 0.1) is 6.92 Å². The van der Waals surface area contributed by atoms with Crippen molar-refractivity contribution < 1.29 is 0 Å². The summed E-state index contributed by atoms with van der Waals surface area (Å²) in [6.07, 6.45) is 4.96. The first-order valence-corrected chi connectivity index (χ1v) is 9.14. The zero-order valence-electron chi connectivity index (χ0n) is 14.8. The molecule has 3 rings (SSSR count). The minimum atomic E-state index is 0.498. The summed E-state index contributed by atoms with van der Waals surface area (Å²) in [6, 6.07) is 8.30. The Labute approximate surface area is 153 Å². The van der Waals surface area contributed by atoms with Gasteiger partial charge in [0.05, 0.1) is 13.1 Å². The van der Waals surface area contributed by atoms with Crippen LogP contribution in [0.3, 0.4) is 0 Å². The van der Waals surface area contributed by atoms with Gasteiger partial charge in [0, 0.05) is 18.1 Å². The molecule has 0 spiro atoms. The van der Waals surface area contributed by atoms with Crippen LogP contribution < -0.4 is 10.6 Å². The lowest BCUT2D eigenvalue weighted by Crippen LogP contribution is -2.42. The summed E-state index contributed by atoms with van der Waals surface area (Å²) in [5, 5.41) is 16.0. The minimum Gasteiger partial charge on any atom is -0.354 e. The topological polar surface area (TPSA) is 67.1 Å². The van der Waals surface area contributed by atoms with Crippen LogP contribution in [0.15, 0.2) is 29.3 Å². The van der Waals surface area contributed by atoms with Crippen molar-refractivity contribution in [2.24, 2.45) is 12.0 Å². The molecule has 1 aliphatic rings. The lowest BCUT2D eigenvalue weighted by atomic mass is 10.2. The van der Waals surface area contributed by atoms with Crippen LogP contribution in [0.5, 0.6) is 0 Å². The standard InChI is InChI=1S/C18H25ClN6/c1-13-23-24-17(25(13)2)12-21-18(22-16-5-3-4-6-16)20-11-14-7-9-15(19)10-8-14/h7-10,16H,3-6,11-12H2,1-2H3,(H2,20,21,22). The van der Waals surface area contributed by atoms with Gasteiger partial charge in [-0.25, -0.2) is 4.99 Å². The molecule has 0 amide bonds. The predicted molar refractivity (Wildman–Crippen MR) is 101 cm³/mol. The molecule has 1 heterocycles. The maximum atomic E-state index is 5.95. The van der Waals surface area contributed by atoms with Crippen LogP contribution in [-0.4, -0.2) is 26.8 Å². The van der Waals surface area contributed by atoms with E-state index in [9.17, 15) is 0 Å². The van der Waals surface area contributed by atoms with Crippen LogP contribution in [0.1, 0.15) is 42.9 Å². The molecule has 0 atom stereocenters. The van der Waals surface area contributed by atoms with E-state index in [1.807, 2.05) is 42.8 Å². The number of aromatic nitrogens is 3. The quantitative estimate of drug-likeness (QED) is 0.635. The highest BCUT2D eigenvalue weighted by Gasteiger charge is 2.16. The Hall–Kier alpha value is -2.08. The molecule has 0 unspecified atom stereocenters. The molecule has 0 saturated heterocycles. The van der Waals surface area contributed by atoms with Gasteiger partial charge in [-0.1, -0.05) is 36.6 Å². The van der Waals surface area contributed by atoms with Crippen molar-refractivity contribution in [3.8, 4) is 0 Å². The fourth-order valence-corrected chi connectivity index (χ4v) is 3.07. The van der Waals surface area contributed by atoms with E-state index in [1.165, 1.54) is 25.7 Å². The van der Waals surface area contributed by atoms with Crippen molar-refractivity contribution in [1.82, 2.24) is 25.4 Å². The number of hydrogen-bond acceptors (Lipinski definition) is 3. The second-order valence-electron chi connectivity index (χ2n) is 6.49. The summed E-state index contributed by atoms with van der Waals surface area (Å²) < 4.78 is 1.99. The third kappa shape index (κ3) is 4.95. The normalized spacial score (nSPS) is 15.6. The average molecular weight is 361 g/mol. The molecule has 7 heteroatoms.